The van der Waals surface area contributed by atoms with E-state index in [0.717, 1.165) is 43.3 Å². The highest BCUT2D eigenvalue weighted by Crippen LogP contribution is 2.22. The number of ketones is 2. The van der Waals surface area contributed by atoms with Crippen molar-refractivity contribution in [2.24, 2.45) is 0 Å². The summed E-state index contributed by atoms with van der Waals surface area (Å²) in [4.78, 5) is 36.6. The van der Waals surface area contributed by atoms with Crippen LogP contribution in [0.25, 0.3) is 0 Å². The van der Waals surface area contributed by atoms with E-state index in [2.05, 4.69) is 25.8 Å². The molecule has 1 aliphatic heterocycles. The molecule has 7 nitrogen and oxygen atoms in total. The molecule has 0 spiro atoms. The van der Waals surface area contributed by atoms with E-state index < -0.39 is 0 Å². The topological polar surface area (TPSA) is 93.1 Å². The molecule has 3 heterocycles. The van der Waals surface area contributed by atoms with E-state index in [0.29, 0.717) is 16.8 Å². The number of Topliss-reactive ketones (excluding diaryl/α,β-unsaturated/α-hetero) is 2. The molecule has 1 atom stereocenters. The van der Waals surface area contributed by atoms with Crippen molar-refractivity contribution in [1.82, 2.24) is 14.9 Å². The fourth-order valence-electron chi connectivity index (χ4n) is 3.90. The minimum atomic E-state index is -0.280. The number of piperazine rings is 1. The number of aromatic amines is 1. The smallest absolute Gasteiger partial charge is 0.196 e. The maximum atomic E-state index is 13.0. The number of aryl methyl sites for hydroxylation is 1. The summed E-state index contributed by atoms with van der Waals surface area (Å²) in [7, 11) is 0. The number of nitriles is 1. The second kappa shape index (κ2) is 7.95. The zero-order valence-electron chi connectivity index (χ0n) is 16.7. The Kier molecular flexibility index (Phi) is 5.61. The summed E-state index contributed by atoms with van der Waals surface area (Å²) in [5, 5.41) is 9.06. The van der Waals surface area contributed by atoms with Crippen molar-refractivity contribution < 1.29 is 9.59 Å². The monoisotopic (exact) mass is 379 g/mol. The normalized spacial score (nSPS) is 15.9. The summed E-state index contributed by atoms with van der Waals surface area (Å²) in [6.45, 7) is 10.0. The van der Waals surface area contributed by atoms with Crippen LogP contribution in [0.2, 0.25) is 0 Å². The summed E-state index contributed by atoms with van der Waals surface area (Å²) in [6.07, 6.45) is 1.65. The Labute approximate surface area is 165 Å². The van der Waals surface area contributed by atoms with Crippen LogP contribution >= 0.6 is 0 Å². The summed E-state index contributed by atoms with van der Waals surface area (Å²) in [6, 6.07) is 5.34. The number of anilines is 1. The Morgan fingerprint density at radius 1 is 1.25 bits per heavy atom. The number of hydrogen-bond donors (Lipinski definition) is 1. The molecular formula is C21H25N5O2. The molecule has 2 aromatic heterocycles. The van der Waals surface area contributed by atoms with Crippen molar-refractivity contribution in [3.05, 3.63) is 46.4 Å². The second-order valence-corrected chi connectivity index (χ2v) is 7.26. The third-order valence-electron chi connectivity index (χ3n) is 5.48. The molecule has 1 N–H and O–H groups in total. The molecule has 146 valence electrons. The molecule has 0 bridgehead atoms. The van der Waals surface area contributed by atoms with Crippen LogP contribution in [-0.2, 0) is 0 Å². The lowest BCUT2D eigenvalue weighted by molar-refractivity contribution is 0.0824. The molecule has 2 aromatic rings. The van der Waals surface area contributed by atoms with E-state index in [1.807, 2.05) is 20.8 Å². The Bertz CT molecular complexity index is 948. The number of nitrogens with one attached hydrogen (secondary N) is 1. The Morgan fingerprint density at radius 2 is 1.93 bits per heavy atom. The first-order valence-corrected chi connectivity index (χ1v) is 9.43. The maximum Gasteiger partial charge on any atom is 0.196 e. The van der Waals surface area contributed by atoms with Gasteiger partial charge < -0.3 is 9.88 Å². The summed E-state index contributed by atoms with van der Waals surface area (Å²) in [5.74, 6) is 0.768. The van der Waals surface area contributed by atoms with Gasteiger partial charge in [-0.05, 0) is 45.4 Å². The molecule has 7 heteroatoms. The van der Waals surface area contributed by atoms with Gasteiger partial charge in [0.05, 0.1) is 23.4 Å². The van der Waals surface area contributed by atoms with Gasteiger partial charge in [-0.2, -0.15) is 5.26 Å². The highest BCUT2D eigenvalue weighted by Gasteiger charge is 2.29. The first-order valence-electron chi connectivity index (χ1n) is 9.43. The quantitative estimate of drug-likeness (QED) is 0.803. The van der Waals surface area contributed by atoms with Crippen LogP contribution in [0.1, 0.15) is 51.5 Å². The molecule has 0 saturated carbocycles. The molecular weight excluding hydrogens is 354 g/mol. The molecule has 1 unspecified atom stereocenters. The lowest BCUT2D eigenvalue weighted by Gasteiger charge is -2.38. The van der Waals surface area contributed by atoms with E-state index >= 15 is 0 Å². The lowest BCUT2D eigenvalue weighted by atomic mass is 10.0. The number of H-pyrrole nitrogens is 1. The van der Waals surface area contributed by atoms with Crippen LogP contribution in [0.3, 0.4) is 0 Å². The zero-order valence-corrected chi connectivity index (χ0v) is 16.7. The van der Waals surface area contributed by atoms with E-state index in [-0.39, 0.29) is 17.6 Å². The fraction of sp³-hybridized carbons (Fsp3) is 0.429. The van der Waals surface area contributed by atoms with Gasteiger partial charge in [-0.25, -0.2) is 4.98 Å². The van der Waals surface area contributed by atoms with E-state index in [1.54, 1.807) is 18.3 Å². The Hall–Kier alpha value is -2.98. The SMILES string of the molecule is CC(=O)c1c(C)[nH]c(C(=O)C(C)N2CCN(c3cc(C#N)ccn3)CC2)c1C. The second-order valence-electron chi connectivity index (χ2n) is 7.26. The number of aromatic nitrogens is 2. The summed E-state index contributed by atoms with van der Waals surface area (Å²) in [5.41, 5.74) is 3.21. The molecule has 1 fully saturated rings. The number of carbonyl (C=O) groups is 2. The van der Waals surface area contributed by atoms with Gasteiger partial charge in [0, 0.05) is 43.6 Å². The average Bonchev–Trinajstić information content (AvgIpc) is 3.01. The van der Waals surface area contributed by atoms with Crippen LogP contribution in [0.5, 0.6) is 0 Å². The first-order chi connectivity index (χ1) is 13.3. The largest absolute Gasteiger partial charge is 0.355 e. The highest BCUT2D eigenvalue weighted by atomic mass is 16.1. The third-order valence-corrected chi connectivity index (χ3v) is 5.48. The minimum absolute atomic E-state index is 0.00570. The van der Waals surface area contributed by atoms with Crippen LogP contribution in [0, 0.1) is 25.2 Å². The van der Waals surface area contributed by atoms with Gasteiger partial charge in [0.1, 0.15) is 5.82 Å². The van der Waals surface area contributed by atoms with Gasteiger partial charge in [0.15, 0.2) is 11.6 Å². The number of hydrogen-bond acceptors (Lipinski definition) is 6. The molecule has 1 saturated heterocycles. The van der Waals surface area contributed by atoms with E-state index in [4.69, 9.17) is 5.26 Å². The molecule has 3 rings (SSSR count). The van der Waals surface area contributed by atoms with Gasteiger partial charge in [0.25, 0.3) is 0 Å². The van der Waals surface area contributed by atoms with E-state index in [1.165, 1.54) is 6.92 Å². The van der Waals surface area contributed by atoms with Crippen molar-refractivity contribution >= 4 is 17.4 Å². The van der Waals surface area contributed by atoms with Crippen molar-refractivity contribution in [1.29, 1.82) is 5.26 Å². The maximum absolute atomic E-state index is 13.0. The van der Waals surface area contributed by atoms with Gasteiger partial charge in [-0.1, -0.05) is 0 Å². The standard InChI is InChI=1S/C21H25N5O2/c1-13-19(16(4)27)14(2)24-20(13)21(28)15(3)25-7-9-26(10-8-25)18-11-17(12-22)5-6-23-18/h5-6,11,15,24H,7-10H2,1-4H3. The van der Waals surface area contributed by atoms with Gasteiger partial charge in [0.2, 0.25) is 0 Å². The molecule has 28 heavy (non-hydrogen) atoms. The number of pyridine rings is 1. The molecule has 0 radical (unpaired) electrons. The molecule has 0 aromatic carbocycles. The highest BCUT2D eigenvalue weighted by molar-refractivity contribution is 6.05. The van der Waals surface area contributed by atoms with Gasteiger partial charge in [-0.3, -0.25) is 14.5 Å². The predicted octanol–water partition coefficient (Wildman–Crippen LogP) is 2.49. The van der Waals surface area contributed by atoms with Crippen molar-refractivity contribution in [3.63, 3.8) is 0 Å². The molecule has 0 aliphatic carbocycles. The zero-order chi connectivity index (χ0) is 20.4. The fourth-order valence-corrected chi connectivity index (χ4v) is 3.90. The number of rotatable bonds is 5. The van der Waals surface area contributed by atoms with Crippen molar-refractivity contribution in [2.45, 2.75) is 33.7 Å². The number of carbonyl (C=O) groups excluding carboxylic acids is 2. The Morgan fingerprint density at radius 3 is 2.50 bits per heavy atom. The predicted molar refractivity (Wildman–Crippen MR) is 107 cm³/mol. The van der Waals surface area contributed by atoms with Crippen molar-refractivity contribution in [2.75, 3.05) is 31.1 Å². The molecule has 1 aliphatic rings. The number of nitrogens with zero attached hydrogens (tertiary/aromatic N) is 4. The summed E-state index contributed by atoms with van der Waals surface area (Å²) >= 11 is 0. The first kappa shape index (κ1) is 19.8. The van der Waals surface area contributed by atoms with Gasteiger partial charge in [-0.15, -0.1) is 0 Å². The van der Waals surface area contributed by atoms with Gasteiger partial charge >= 0.3 is 0 Å². The molecule has 0 amide bonds. The van der Waals surface area contributed by atoms with Crippen molar-refractivity contribution in [3.8, 4) is 6.07 Å². The lowest BCUT2D eigenvalue weighted by Crippen LogP contribution is -2.52. The third kappa shape index (κ3) is 3.69. The van der Waals surface area contributed by atoms with Crippen LogP contribution in [0.4, 0.5) is 5.82 Å². The Balaban J connectivity index is 1.69. The van der Waals surface area contributed by atoms with Crippen LogP contribution in [0.15, 0.2) is 18.3 Å². The van der Waals surface area contributed by atoms with Crippen LogP contribution < -0.4 is 4.90 Å². The minimum Gasteiger partial charge on any atom is -0.355 e. The van der Waals surface area contributed by atoms with E-state index in [9.17, 15) is 9.59 Å². The average molecular weight is 379 g/mol. The van der Waals surface area contributed by atoms with Crippen LogP contribution in [-0.4, -0.2) is 58.7 Å². The summed E-state index contributed by atoms with van der Waals surface area (Å²) < 4.78 is 0.